The zero-order valence-corrected chi connectivity index (χ0v) is 9.31. The van der Waals surface area contributed by atoms with Crippen LogP contribution in [0, 0.1) is 0 Å². The molecule has 0 aromatic rings. The van der Waals surface area contributed by atoms with Crippen molar-refractivity contribution in [2.45, 2.75) is 43.4 Å². The number of rotatable bonds is 7. The first-order chi connectivity index (χ1) is 6.22. The van der Waals surface area contributed by atoms with Crippen molar-refractivity contribution in [2.24, 2.45) is 4.99 Å². The highest BCUT2D eigenvalue weighted by Crippen LogP contribution is 2.17. The lowest BCUT2D eigenvalue weighted by Gasteiger charge is -2.12. The molecule has 0 bridgehead atoms. The van der Waals surface area contributed by atoms with E-state index in [1.54, 1.807) is 0 Å². The first kappa shape index (κ1) is 13.0. The maximum absolute atomic E-state index is 9.80. The Labute approximate surface area is 89.3 Å². The second kappa shape index (κ2) is 8.55. The lowest BCUT2D eigenvalue weighted by atomic mass is 10.1. The third-order valence-corrected chi connectivity index (χ3v) is 2.90. The van der Waals surface area contributed by atoms with Gasteiger partial charge in [-0.15, -0.1) is 23.2 Å². The molecular formula is C9H15Cl2NO. The molecule has 0 amide bonds. The summed E-state index contributed by atoms with van der Waals surface area (Å²) in [7, 11) is 0. The smallest absolute Gasteiger partial charge is 0.211 e. The molecule has 0 aliphatic heterocycles. The predicted octanol–water partition coefficient (Wildman–Crippen LogP) is 3.12. The average molecular weight is 224 g/mol. The second-order valence-corrected chi connectivity index (χ2v) is 4.08. The Bertz CT molecular complexity index is 169. The van der Waals surface area contributed by atoms with E-state index in [0.29, 0.717) is 0 Å². The Morgan fingerprint density at radius 1 is 1.31 bits per heavy atom. The van der Waals surface area contributed by atoms with Gasteiger partial charge in [-0.2, -0.15) is 0 Å². The molecule has 0 aliphatic rings. The molecule has 4 heteroatoms. The van der Waals surface area contributed by atoms with E-state index in [1.165, 1.54) is 18.9 Å². The molecule has 0 saturated heterocycles. The van der Waals surface area contributed by atoms with Gasteiger partial charge in [-0.25, -0.2) is 9.79 Å². The number of hydrogen-bond donors (Lipinski definition) is 0. The van der Waals surface area contributed by atoms with E-state index in [9.17, 15) is 4.79 Å². The highest BCUT2D eigenvalue weighted by molar-refractivity contribution is 6.30. The Balaban J connectivity index is 3.55. The van der Waals surface area contributed by atoms with Crippen LogP contribution in [0.15, 0.2) is 4.99 Å². The van der Waals surface area contributed by atoms with Crippen molar-refractivity contribution in [1.82, 2.24) is 0 Å². The van der Waals surface area contributed by atoms with E-state index in [1.807, 2.05) is 0 Å². The molecule has 2 nitrogen and oxygen atoms in total. The normalized spacial score (nSPS) is 14.7. The molecule has 0 aliphatic carbocycles. The van der Waals surface area contributed by atoms with Crippen LogP contribution in [0.5, 0.6) is 0 Å². The molecule has 0 aromatic carbocycles. The van der Waals surface area contributed by atoms with Gasteiger partial charge in [0.1, 0.15) is 0 Å². The SMILES string of the molecule is CCCCCC(Cl)C(Cl)CN=C=O. The van der Waals surface area contributed by atoms with E-state index >= 15 is 0 Å². The van der Waals surface area contributed by atoms with E-state index in [0.717, 1.165) is 12.8 Å². The van der Waals surface area contributed by atoms with Gasteiger partial charge in [0.2, 0.25) is 6.08 Å². The van der Waals surface area contributed by atoms with Crippen LogP contribution < -0.4 is 0 Å². The van der Waals surface area contributed by atoms with Crippen molar-refractivity contribution < 1.29 is 4.79 Å². The minimum absolute atomic E-state index is 0.0923. The molecule has 76 valence electrons. The molecule has 0 saturated carbocycles. The Kier molecular flexibility index (Phi) is 8.53. The highest BCUT2D eigenvalue weighted by atomic mass is 35.5. The fourth-order valence-corrected chi connectivity index (χ4v) is 1.44. The highest BCUT2D eigenvalue weighted by Gasteiger charge is 2.15. The number of nitrogens with zero attached hydrogens (tertiary/aromatic N) is 1. The van der Waals surface area contributed by atoms with Gasteiger partial charge in [0.15, 0.2) is 0 Å². The third-order valence-electron chi connectivity index (χ3n) is 1.81. The van der Waals surface area contributed by atoms with Crippen LogP contribution in [0.3, 0.4) is 0 Å². The Morgan fingerprint density at radius 3 is 2.54 bits per heavy atom. The maximum atomic E-state index is 9.80. The van der Waals surface area contributed by atoms with Crippen molar-refractivity contribution in [3.05, 3.63) is 0 Å². The number of halogens is 2. The van der Waals surface area contributed by atoms with Crippen molar-refractivity contribution >= 4 is 29.3 Å². The van der Waals surface area contributed by atoms with E-state index in [4.69, 9.17) is 23.2 Å². The number of hydrogen-bond acceptors (Lipinski definition) is 2. The average Bonchev–Trinajstić information content (AvgIpc) is 2.14. The summed E-state index contributed by atoms with van der Waals surface area (Å²) < 4.78 is 0. The Hall–Kier alpha value is -0.0400. The van der Waals surface area contributed by atoms with E-state index in [-0.39, 0.29) is 17.3 Å². The van der Waals surface area contributed by atoms with Crippen molar-refractivity contribution in [3.63, 3.8) is 0 Å². The van der Waals surface area contributed by atoms with Gasteiger partial charge in [-0.1, -0.05) is 26.2 Å². The minimum Gasteiger partial charge on any atom is -0.211 e. The first-order valence-corrected chi connectivity index (χ1v) is 5.41. The van der Waals surface area contributed by atoms with E-state index < -0.39 is 0 Å². The number of aliphatic imine (C=N–C) groups is 1. The summed E-state index contributed by atoms with van der Waals surface area (Å²) in [5.41, 5.74) is 0. The molecular weight excluding hydrogens is 209 g/mol. The van der Waals surface area contributed by atoms with Gasteiger partial charge in [0.05, 0.1) is 17.3 Å². The molecule has 13 heavy (non-hydrogen) atoms. The van der Waals surface area contributed by atoms with Gasteiger partial charge in [0.25, 0.3) is 0 Å². The fraction of sp³-hybridized carbons (Fsp3) is 0.889. The maximum Gasteiger partial charge on any atom is 0.234 e. The van der Waals surface area contributed by atoms with Crippen LogP contribution in [-0.4, -0.2) is 23.4 Å². The summed E-state index contributed by atoms with van der Waals surface area (Å²) in [5, 5.41) is -0.342. The number of carbonyl (C=O) groups excluding carboxylic acids is 1. The second-order valence-electron chi connectivity index (χ2n) is 2.96. The van der Waals surface area contributed by atoms with Crippen molar-refractivity contribution in [3.8, 4) is 0 Å². The molecule has 0 rings (SSSR count). The topological polar surface area (TPSA) is 29.4 Å². The van der Waals surface area contributed by atoms with Gasteiger partial charge in [0, 0.05) is 0 Å². The minimum atomic E-state index is -0.250. The predicted molar refractivity (Wildman–Crippen MR) is 56.4 cm³/mol. The van der Waals surface area contributed by atoms with Crippen molar-refractivity contribution in [1.29, 1.82) is 0 Å². The summed E-state index contributed by atoms with van der Waals surface area (Å²) in [5.74, 6) is 0. The third kappa shape index (κ3) is 7.06. The summed E-state index contributed by atoms with van der Waals surface area (Å²) >= 11 is 11.9. The molecule has 2 atom stereocenters. The summed E-state index contributed by atoms with van der Waals surface area (Å²) in [6.45, 7) is 2.41. The molecule has 2 unspecified atom stereocenters. The van der Waals surface area contributed by atoms with Crippen LogP contribution in [0.1, 0.15) is 32.6 Å². The zero-order valence-electron chi connectivity index (χ0n) is 7.80. The zero-order chi connectivity index (χ0) is 10.1. The molecule has 0 fully saturated rings. The number of isocyanates is 1. The standard InChI is InChI=1S/C9H15Cl2NO/c1-2-3-4-5-8(10)9(11)6-12-7-13/h8-9H,2-6H2,1H3. The van der Waals surface area contributed by atoms with Gasteiger partial charge in [-0.3, -0.25) is 0 Å². The van der Waals surface area contributed by atoms with Gasteiger partial charge >= 0.3 is 0 Å². The molecule has 0 aromatic heterocycles. The van der Waals surface area contributed by atoms with Crippen LogP contribution in [0.4, 0.5) is 0 Å². The summed E-state index contributed by atoms with van der Waals surface area (Å²) in [6.07, 6.45) is 5.76. The van der Waals surface area contributed by atoms with E-state index in [2.05, 4.69) is 11.9 Å². The van der Waals surface area contributed by atoms with Crippen LogP contribution in [0.25, 0.3) is 0 Å². The first-order valence-electron chi connectivity index (χ1n) is 4.54. The molecule has 0 heterocycles. The van der Waals surface area contributed by atoms with Gasteiger partial charge < -0.3 is 0 Å². The number of unbranched alkanes of at least 4 members (excludes halogenated alkanes) is 2. The monoisotopic (exact) mass is 223 g/mol. The number of alkyl halides is 2. The van der Waals surface area contributed by atoms with Crippen LogP contribution in [-0.2, 0) is 4.79 Å². The molecule has 0 N–H and O–H groups in total. The Morgan fingerprint density at radius 2 is 2.00 bits per heavy atom. The largest absolute Gasteiger partial charge is 0.234 e. The van der Waals surface area contributed by atoms with Gasteiger partial charge in [-0.05, 0) is 6.42 Å². The lowest BCUT2D eigenvalue weighted by Crippen LogP contribution is -2.18. The molecule has 0 radical (unpaired) electrons. The van der Waals surface area contributed by atoms with Crippen molar-refractivity contribution in [2.75, 3.05) is 6.54 Å². The molecule has 0 spiro atoms. The summed E-state index contributed by atoms with van der Waals surface area (Å²) in [4.78, 5) is 13.2. The quantitative estimate of drug-likeness (QED) is 0.283. The fourth-order valence-electron chi connectivity index (χ4n) is 1.01. The lowest BCUT2D eigenvalue weighted by molar-refractivity contribution is 0.561. The van der Waals surface area contributed by atoms with Crippen LogP contribution >= 0.6 is 23.2 Å². The van der Waals surface area contributed by atoms with Crippen LogP contribution in [0.2, 0.25) is 0 Å². The summed E-state index contributed by atoms with van der Waals surface area (Å²) in [6, 6.07) is 0.